The van der Waals surface area contributed by atoms with Crippen molar-refractivity contribution in [2.75, 3.05) is 5.32 Å². The summed E-state index contributed by atoms with van der Waals surface area (Å²) in [7, 11) is 0. The fourth-order valence-electron chi connectivity index (χ4n) is 2.79. The van der Waals surface area contributed by atoms with Crippen molar-refractivity contribution in [2.24, 2.45) is 0 Å². The lowest BCUT2D eigenvalue weighted by molar-refractivity contribution is 0.0691. The van der Waals surface area contributed by atoms with Gasteiger partial charge in [-0.1, -0.05) is 41.4 Å². The summed E-state index contributed by atoms with van der Waals surface area (Å²) in [5.74, 6) is -0.507. The molecule has 4 aromatic rings. The lowest BCUT2D eigenvalue weighted by atomic mass is 10.1. The molecule has 124 valence electrons. The van der Waals surface area contributed by atoms with E-state index in [2.05, 4.69) is 15.3 Å². The van der Waals surface area contributed by atoms with Gasteiger partial charge in [0, 0.05) is 26.5 Å². The molecule has 0 unspecified atom stereocenters. The quantitative estimate of drug-likeness (QED) is 0.446. The van der Waals surface area contributed by atoms with Gasteiger partial charge < -0.3 is 15.4 Å². The highest BCUT2D eigenvalue weighted by molar-refractivity contribution is 6.35. The maximum absolute atomic E-state index is 11.4. The van der Waals surface area contributed by atoms with Gasteiger partial charge in [-0.25, -0.2) is 9.78 Å². The third-order valence-electron chi connectivity index (χ3n) is 3.83. The molecule has 0 bridgehead atoms. The summed E-state index contributed by atoms with van der Waals surface area (Å²) in [5, 5.41) is 15.0. The number of para-hydroxylation sites is 1. The Bertz CT molecular complexity index is 1120. The second-order valence-corrected chi connectivity index (χ2v) is 6.41. The smallest absolute Gasteiger partial charge is 0.352 e. The van der Waals surface area contributed by atoms with Crippen molar-refractivity contribution in [3.63, 3.8) is 0 Å². The normalized spacial score (nSPS) is 11.1. The van der Waals surface area contributed by atoms with Crippen molar-refractivity contribution in [3.05, 3.63) is 64.3 Å². The van der Waals surface area contributed by atoms with E-state index in [0.29, 0.717) is 32.5 Å². The van der Waals surface area contributed by atoms with Gasteiger partial charge in [-0.3, -0.25) is 0 Å². The van der Waals surface area contributed by atoms with E-state index in [1.165, 1.54) is 0 Å². The molecule has 5 nitrogen and oxygen atoms in total. The lowest BCUT2D eigenvalue weighted by Gasteiger charge is -2.10. The number of aromatic amines is 1. The summed E-state index contributed by atoms with van der Waals surface area (Å²) in [6, 6.07) is 14.2. The van der Waals surface area contributed by atoms with Crippen LogP contribution in [0, 0.1) is 0 Å². The number of hydrogen-bond acceptors (Lipinski definition) is 3. The van der Waals surface area contributed by atoms with Crippen LogP contribution >= 0.6 is 23.2 Å². The number of carboxylic acid groups (broad SMARTS) is 1. The summed E-state index contributed by atoms with van der Waals surface area (Å²) in [6.07, 6.45) is 0. The van der Waals surface area contributed by atoms with Crippen LogP contribution in [0.5, 0.6) is 0 Å². The average Bonchev–Trinajstić information content (AvgIpc) is 3.00. The second-order valence-electron chi connectivity index (χ2n) is 5.54. The number of hydrogen-bond donors (Lipinski definition) is 3. The monoisotopic (exact) mass is 371 g/mol. The molecule has 0 aliphatic rings. The molecule has 2 aromatic heterocycles. The predicted molar refractivity (Wildman–Crippen MR) is 100 cm³/mol. The van der Waals surface area contributed by atoms with Crippen LogP contribution in [0.3, 0.4) is 0 Å². The molecule has 0 spiro atoms. The number of benzene rings is 2. The van der Waals surface area contributed by atoms with Gasteiger partial charge in [0.05, 0.1) is 11.0 Å². The highest BCUT2D eigenvalue weighted by Gasteiger charge is 2.15. The molecule has 25 heavy (non-hydrogen) atoms. The van der Waals surface area contributed by atoms with Crippen molar-refractivity contribution in [1.29, 1.82) is 0 Å². The molecule has 0 aliphatic heterocycles. The fourth-order valence-corrected chi connectivity index (χ4v) is 3.32. The first-order valence-electron chi connectivity index (χ1n) is 7.39. The van der Waals surface area contributed by atoms with E-state index in [0.717, 1.165) is 10.9 Å². The molecule has 7 heteroatoms. The fraction of sp³-hybridized carbons (Fsp3) is 0. The first-order valence-corrected chi connectivity index (χ1v) is 8.15. The van der Waals surface area contributed by atoms with E-state index in [9.17, 15) is 9.90 Å². The minimum Gasteiger partial charge on any atom is -0.477 e. The van der Waals surface area contributed by atoms with Gasteiger partial charge in [0.15, 0.2) is 0 Å². The molecule has 4 rings (SSSR count). The minimum atomic E-state index is -1.03. The van der Waals surface area contributed by atoms with E-state index in [1.807, 2.05) is 24.3 Å². The molecule has 2 heterocycles. The van der Waals surface area contributed by atoms with E-state index in [4.69, 9.17) is 23.2 Å². The average molecular weight is 372 g/mol. The van der Waals surface area contributed by atoms with Crippen molar-refractivity contribution >= 4 is 62.5 Å². The number of aromatic carboxylic acids is 1. The zero-order valence-electron chi connectivity index (χ0n) is 12.7. The van der Waals surface area contributed by atoms with Crippen LogP contribution in [-0.4, -0.2) is 21.0 Å². The molecule has 0 atom stereocenters. The summed E-state index contributed by atoms with van der Waals surface area (Å²) < 4.78 is 0. The SMILES string of the molecule is O=C(O)c1cc2c(Nc3cc(Cl)cc(Cl)c3)nc3ccccc3c2[nH]1. The highest BCUT2D eigenvalue weighted by atomic mass is 35.5. The van der Waals surface area contributed by atoms with Crippen LogP contribution in [0.2, 0.25) is 10.0 Å². The topological polar surface area (TPSA) is 78.0 Å². The number of aromatic nitrogens is 2. The lowest BCUT2D eigenvalue weighted by Crippen LogP contribution is -1.95. The summed E-state index contributed by atoms with van der Waals surface area (Å²) in [6.45, 7) is 0. The molecule has 0 radical (unpaired) electrons. The zero-order chi connectivity index (χ0) is 17.6. The molecule has 0 fully saturated rings. The predicted octanol–water partition coefficient (Wildman–Crippen LogP) is 5.46. The van der Waals surface area contributed by atoms with Gasteiger partial charge in [-0.2, -0.15) is 0 Å². The number of nitrogens with zero attached hydrogens (tertiary/aromatic N) is 1. The van der Waals surface area contributed by atoms with Crippen molar-refractivity contribution in [3.8, 4) is 0 Å². The number of pyridine rings is 1. The minimum absolute atomic E-state index is 0.0975. The Morgan fingerprint density at radius 3 is 2.48 bits per heavy atom. The number of nitrogens with one attached hydrogen (secondary N) is 2. The van der Waals surface area contributed by atoms with E-state index in [1.54, 1.807) is 24.3 Å². The van der Waals surface area contributed by atoms with Gasteiger partial charge in [0.25, 0.3) is 0 Å². The number of carbonyl (C=O) groups is 1. The summed E-state index contributed by atoms with van der Waals surface area (Å²) in [5.41, 5.74) is 2.21. The van der Waals surface area contributed by atoms with Crippen LogP contribution in [0.1, 0.15) is 10.5 Å². The standard InChI is InChI=1S/C18H11Cl2N3O2/c19-9-5-10(20)7-11(6-9)21-17-13-8-15(18(24)25)22-16(13)12-3-1-2-4-14(12)23-17/h1-8,22H,(H,21,23)(H,24,25). The molecule has 0 saturated heterocycles. The van der Waals surface area contributed by atoms with Crippen LogP contribution in [0.15, 0.2) is 48.5 Å². The first-order chi connectivity index (χ1) is 12.0. The Hall–Kier alpha value is -2.76. The summed E-state index contributed by atoms with van der Waals surface area (Å²) in [4.78, 5) is 18.9. The second kappa shape index (κ2) is 5.95. The number of halogens is 2. The van der Waals surface area contributed by atoms with Crippen LogP contribution in [0.25, 0.3) is 21.8 Å². The van der Waals surface area contributed by atoms with Gasteiger partial charge in [-0.05, 0) is 30.3 Å². The highest BCUT2D eigenvalue weighted by Crippen LogP contribution is 2.32. The van der Waals surface area contributed by atoms with Gasteiger partial charge in [0.1, 0.15) is 11.5 Å². The Kier molecular flexibility index (Phi) is 3.75. The molecule has 3 N–H and O–H groups in total. The molecule has 0 amide bonds. The number of carboxylic acids is 1. The Morgan fingerprint density at radius 1 is 1.04 bits per heavy atom. The summed E-state index contributed by atoms with van der Waals surface area (Å²) >= 11 is 12.1. The van der Waals surface area contributed by atoms with Crippen molar-refractivity contribution in [2.45, 2.75) is 0 Å². The first kappa shape index (κ1) is 15.7. The molecular formula is C18H11Cl2N3O2. The van der Waals surface area contributed by atoms with E-state index < -0.39 is 5.97 Å². The maximum Gasteiger partial charge on any atom is 0.352 e. The van der Waals surface area contributed by atoms with Crippen LogP contribution < -0.4 is 5.32 Å². The number of anilines is 2. The number of H-pyrrole nitrogens is 1. The van der Waals surface area contributed by atoms with Crippen LogP contribution in [-0.2, 0) is 0 Å². The van der Waals surface area contributed by atoms with Crippen molar-refractivity contribution < 1.29 is 9.90 Å². The Labute approximate surface area is 152 Å². The third-order valence-corrected chi connectivity index (χ3v) is 4.27. The third kappa shape index (κ3) is 2.88. The van der Waals surface area contributed by atoms with Crippen molar-refractivity contribution in [1.82, 2.24) is 9.97 Å². The molecule has 0 saturated carbocycles. The Balaban J connectivity index is 1.96. The van der Waals surface area contributed by atoms with E-state index >= 15 is 0 Å². The largest absolute Gasteiger partial charge is 0.477 e. The van der Waals surface area contributed by atoms with E-state index in [-0.39, 0.29) is 5.69 Å². The Morgan fingerprint density at radius 2 is 1.76 bits per heavy atom. The molecule has 0 aliphatic carbocycles. The molecule has 2 aromatic carbocycles. The number of fused-ring (bicyclic) bond motifs is 3. The van der Waals surface area contributed by atoms with Gasteiger partial charge in [0.2, 0.25) is 0 Å². The number of rotatable bonds is 3. The maximum atomic E-state index is 11.4. The van der Waals surface area contributed by atoms with Crippen LogP contribution in [0.4, 0.5) is 11.5 Å². The van der Waals surface area contributed by atoms with Gasteiger partial charge in [-0.15, -0.1) is 0 Å². The van der Waals surface area contributed by atoms with Gasteiger partial charge >= 0.3 is 5.97 Å². The molecular weight excluding hydrogens is 361 g/mol. The zero-order valence-corrected chi connectivity index (χ0v) is 14.2.